The lowest BCUT2D eigenvalue weighted by molar-refractivity contribution is 0.143. The SMILES string of the molecule is CCCS(=O)(=O)NCC1(C)CCN(C)CC1. The van der Waals surface area contributed by atoms with E-state index in [0.29, 0.717) is 13.0 Å². The summed E-state index contributed by atoms with van der Waals surface area (Å²) in [4.78, 5) is 2.29. The normalized spacial score (nSPS) is 22.2. The highest BCUT2D eigenvalue weighted by molar-refractivity contribution is 7.89. The van der Waals surface area contributed by atoms with Gasteiger partial charge in [0.1, 0.15) is 0 Å². The van der Waals surface area contributed by atoms with Gasteiger partial charge in [0.2, 0.25) is 10.0 Å². The van der Waals surface area contributed by atoms with Crippen LogP contribution < -0.4 is 4.72 Å². The Kier molecular flexibility index (Phi) is 4.76. The molecule has 0 aromatic carbocycles. The Bertz CT molecular complexity index is 306. The molecule has 1 aliphatic heterocycles. The Hall–Kier alpha value is -0.130. The summed E-state index contributed by atoms with van der Waals surface area (Å²) in [6, 6.07) is 0. The highest BCUT2D eigenvalue weighted by atomic mass is 32.2. The summed E-state index contributed by atoms with van der Waals surface area (Å²) in [6.07, 6.45) is 2.81. The molecule has 0 bridgehead atoms. The van der Waals surface area contributed by atoms with Gasteiger partial charge in [-0.2, -0.15) is 0 Å². The van der Waals surface area contributed by atoms with Crippen molar-refractivity contribution >= 4 is 10.0 Å². The van der Waals surface area contributed by atoms with Crippen LogP contribution in [0.25, 0.3) is 0 Å². The van der Waals surface area contributed by atoms with Crippen molar-refractivity contribution in [3.05, 3.63) is 0 Å². The minimum atomic E-state index is -3.05. The third kappa shape index (κ3) is 4.39. The number of hydrogen-bond donors (Lipinski definition) is 1. The average molecular weight is 248 g/mol. The summed E-state index contributed by atoms with van der Waals surface area (Å²) < 4.78 is 25.9. The first kappa shape index (κ1) is 13.9. The van der Waals surface area contributed by atoms with Crippen LogP contribution in [0, 0.1) is 5.41 Å². The zero-order valence-corrected chi connectivity index (χ0v) is 11.4. The van der Waals surface area contributed by atoms with Crippen LogP contribution in [0.2, 0.25) is 0 Å². The molecule has 0 radical (unpaired) electrons. The maximum absolute atomic E-state index is 11.6. The summed E-state index contributed by atoms with van der Waals surface area (Å²) in [7, 11) is -0.934. The van der Waals surface area contributed by atoms with Crippen LogP contribution in [0.4, 0.5) is 0 Å². The van der Waals surface area contributed by atoms with Gasteiger partial charge in [-0.15, -0.1) is 0 Å². The van der Waals surface area contributed by atoms with E-state index in [1.807, 2.05) is 6.92 Å². The maximum atomic E-state index is 11.6. The number of sulfonamides is 1. The highest BCUT2D eigenvalue weighted by Gasteiger charge is 2.29. The molecule has 0 aromatic rings. The standard InChI is InChI=1S/C11H24N2O2S/c1-4-9-16(14,15)12-10-11(2)5-7-13(3)8-6-11/h12H,4-10H2,1-3H3. The highest BCUT2D eigenvalue weighted by Crippen LogP contribution is 2.29. The summed E-state index contributed by atoms with van der Waals surface area (Å²) in [5, 5.41) is 0. The van der Waals surface area contributed by atoms with Crippen LogP contribution in [0.5, 0.6) is 0 Å². The van der Waals surface area contributed by atoms with Crippen molar-refractivity contribution in [1.29, 1.82) is 0 Å². The van der Waals surface area contributed by atoms with Crippen LogP contribution >= 0.6 is 0 Å². The molecule has 0 spiro atoms. The van der Waals surface area contributed by atoms with E-state index in [0.717, 1.165) is 25.9 Å². The second-order valence-electron chi connectivity index (χ2n) is 5.25. The maximum Gasteiger partial charge on any atom is 0.211 e. The number of rotatable bonds is 5. The van der Waals surface area contributed by atoms with Gasteiger partial charge in [-0.05, 0) is 44.8 Å². The van der Waals surface area contributed by atoms with Gasteiger partial charge in [0, 0.05) is 6.54 Å². The van der Waals surface area contributed by atoms with E-state index >= 15 is 0 Å². The summed E-state index contributed by atoms with van der Waals surface area (Å²) in [6.45, 7) is 6.77. The first-order valence-corrected chi connectivity index (χ1v) is 7.68. The lowest BCUT2D eigenvalue weighted by atomic mass is 9.81. The van der Waals surface area contributed by atoms with E-state index in [4.69, 9.17) is 0 Å². The van der Waals surface area contributed by atoms with Crippen LogP contribution in [0.15, 0.2) is 0 Å². The van der Waals surface area contributed by atoms with Crippen molar-refractivity contribution in [3.63, 3.8) is 0 Å². The molecule has 16 heavy (non-hydrogen) atoms. The largest absolute Gasteiger partial charge is 0.306 e. The first-order chi connectivity index (χ1) is 7.37. The smallest absolute Gasteiger partial charge is 0.211 e. The molecule has 1 N–H and O–H groups in total. The van der Waals surface area contributed by atoms with Crippen LogP contribution in [-0.2, 0) is 10.0 Å². The van der Waals surface area contributed by atoms with Crippen LogP contribution in [0.3, 0.4) is 0 Å². The molecule has 1 fully saturated rings. The molecule has 1 aliphatic rings. The van der Waals surface area contributed by atoms with Gasteiger partial charge in [-0.25, -0.2) is 13.1 Å². The number of nitrogens with zero attached hydrogens (tertiary/aromatic N) is 1. The van der Waals surface area contributed by atoms with Crippen molar-refractivity contribution < 1.29 is 8.42 Å². The van der Waals surface area contributed by atoms with Crippen LogP contribution in [0.1, 0.15) is 33.1 Å². The molecule has 0 unspecified atom stereocenters. The Morgan fingerprint density at radius 3 is 2.38 bits per heavy atom. The Morgan fingerprint density at radius 2 is 1.88 bits per heavy atom. The van der Waals surface area contributed by atoms with Gasteiger partial charge >= 0.3 is 0 Å². The number of likely N-dealkylation sites (tertiary alicyclic amines) is 1. The monoisotopic (exact) mass is 248 g/mol. The van der Waals surface area contributed by atoms with Gasteiger partial charge < -0.3 is 4.90 Å². The molecule has 0 aromatic heterocycles. The molecule has 1 heterocycles. The molecule has 5 heteroatoms. The second kappa shape index (κ2) is 5.47. The summed E-state index contributed by atoms with van der Waals surface area (Å²) in [5.74, 6) is 0.239. The lowest BCUT2D eigenvalue weighted by Crippen LogP contribution is -2.43. The van der Waals surface area contributed by atoms with Crippen molar-refractivity contribution in [1.82, 2.24) is 9.62 Å². The van der Waals surface area contributed by atoms with E-state index in [1.54, 1.807) is 0 Å². The number of piperidine rings is 1. The Morgan fingerprint density at radius 1 is 1.31 bits per heavy atom. The van der Waals surface area contributed by atoms with Crippen molar-refractivity contribution in [2.75, 3.05) is 32.4 Å². The first-order valence-electron chi connectivity index (χ1n) is 6.03. The fraction of sp³-hybridized carbons (Fsp3) is 1.00. The average Bonchev–Trinajstić information content (AvgIpc) is 2.21. The molecular weight excluding hydrogens is 224 g/mol. The number of nitrogens with one attached hydrogen (secondary N) is 1. The van der Waals surface area contributed by atoms with Gasteiger partial charge in [0.05, 0.1) is 5.75 Å². The van der Waals surface area contributed by atoms with E-state index in [1.165, 1.54) is 0 Å². The van der Waals surface area contributed by atoms with Crippen molar-refractivity contribution in [2.45, 2.75) is 33.1 Å². The van der Waals surface area contributed by atoms with Crippen LogP contribution in [-0.4, -0.2) is 45.8 Å². The quantitative estimate of drug-likeness (QED) is 0.791. The molecule has 1 saturated heterocycles. The van der Waals surface area contributed by atoms with E-state index in [2.05, 4.69) is 23.6 Å². The number of hydrogen-bond acceptors (Lipinski definition) is 3. The van der Waals surface area contributed by atoms with Crippen molar-refractivity contribution in [2.24, 2.45) is 5.41 Å². The van der Waals surface area contributed by atoms with E-state index in [9.17, 15) is 8.42 Å². The molecular formula is C11H24N2O2S. The lowest BCUT2D eigenvalue weighted by Gasteiger charge is -2.37. The fourth-order valence-electron chi connectivity index (χ4n) is 1.96. The Balaban J connectivity index is 2.42. The van der Waals surface area contributed by atoms with Gasteiger partial charge in [-0.3, -0.25) is 0 Å². The predicted octanol–water partition coefficient (Wildman–Crippen LogP) is 1.05. The summed E-state index contributed by atoms with van der Waals surface area (Å²) >= 11 is 0. The zero-order valence-electron chi connectivity index (χ0n) is 10.6. The minimum Gasteiger partial charge on any atom is -0.306 e. The second-order valence-corrected chi connectivity index (χ2v) is 7.18. The summed E-state index contributed by atoms with van der Waals surface area (Å²) in [5.41, 5.74) is 0.132. The third-order valence-electron chi connectivity index (χ3n) is 3.39. The zero-order chi connectivity index (χ0) is 12.2. The predicted molar refractivity (Wildman–Crippen MR) is 66.9 cm³/mol. The molecule has 1 rings (SSSR count). The fourth-order valence-corrected chi connectivity index (χ4v) is 3.21. The van der Waals surface area contributed by atoms with Crippen molar-refractivity contribution in [3.8, 4) is 0 Å². The molecule has 0 atom stereocenters. The van der Waals surface area contributed by atoms with E-state index in [-0.39, 0.29) is 11.2 Å². The van der Waals surface area contributed by atoms with E-state index < -0.39 is 10.0 Å². The van der Waals surface area contributed by atoms with Gasteiger partial charge in [0.15, 0.2) is 0 Å². The molecule has 0 aliphatic carbocycles. The molecule has 96 valence electrons. The topological polar surface area (TPSA) is 49.4 Å². The minimum absolute atomic E-state index is 0.132. The molecule has 0 saturated carbocycles. The Labute approximate surface area is 99.5 Å². The molecule has 4 nitrogen and oxygen atoms in total. The molecule has 0 amide bonds. The van der Waals surface area contributed by atoms with Gasteiger partial charge in [-0.1, -0.05) is 13.8 Å². The van der Waals surface area contributed by atoms with Gasteiger partial charge in [0.25, 0.3) is 0 Å². The third-order valence-corrected chi connectivity index (χ3v) is 4.92.